The molecule has 446 valence electrons. The Balaban J connectivity index is 0.956. The fourth-order valence-electron chi connectivity index (χ4n) is 16.7. The standard InChI is InChI=1S/C90H56N6/c1-13-39-74-58(26-1)59-27-2-14-40-75(59)91(74)57-52-53-86-71(54-57)68-36-12-24-50-85(68)96(86)90-70(38-25-51-87(90)93-78-43-17-5-30-62(78)63-31-6-18-44-79(63)93)73-56-88(94-80-45-19-7-32-64(80)65-33-8-20-46-81(65)94)72(55-89(73)95-82-47-21-9-34-66(82)67-35-10-22-48-83(67)95)69-37-11-23-49-84(69)92-76-41-15-3-28-60(76)61-29-4-16-42-77(61)92/h1-56H. The first-order chi connectivity index (χ1) is 47.7. The summed E-state index contributed by atoms with van der Waals surface area (Å²) in [6.45, 7) is 0. The lowest BCUT2D eigenvalue weighted by molar-refractivity contribution is 1.09. The van der Waals surface area contributed by atoms with E-state index in [1.165, 1.54) is 75.7 Å². The third-order valence-electron chi connectivity index (χ3n) is 20.6. The highest BCUT2D eigenvalue weighted by Gasteiger charge is 2.29. The summed E-state index contributed by atoms with van der Waals surface area (Å²) < 4.78 is 15.2. The summed E-state index contributed by atoms with van der Waals surface area (Å²) in [5.41, 5.74) is 24.5. The summed E-state index contributed by atoms with van der Waals surface area (Å²) in [4.78, 5) is 0. The summed E-state index contributed by atoms with van der Waals surface area (Å²) >= 11 is 0. The molecule has 0 atom stereocenters. The number of hydrogen-bond acceptors (Lipinski definition) is 0. The van der Waals surface area contributed by atoms with Crippen molar-refractivity contribution < 1.29 is 0 Å². The Morgan fingerprint density at radius 3 is 0.760 bits per heavy atom. The van der Waals surface area contributed by atoms with Crippen LogP contribution in [0.2, 0.25) is 0 Å². The maximum Gasteiger partial charge on any atom is 0.0782 e. The topological polar surface area (TPSA) is 29.6 Å². The monoisotopic (exact) mass is 1220 g/mol. The fraction of sp³-hybridized carbons (Fsp3) is 0. The van der Waals surface area contributed by atoms with Crippen LogP contribution in [0.15, 0.2) is 340 Å². The summed E-state index contributed by atoms with van der Waals surface area (Å²) in [7, 11) is 0. The van der Waals surface area contributed by atoms with Gasteiger partial charge in [0.15, 0.2) is 0 Å². The number of benzene rings is 15. The highest BCUT2D eigenvalue weighted by Crippen LogP contribution is 2.50. The minimum atomic E-state index is 1.05. The average molecular weight is 1220 g/mol. The first kappa shape index (κ1) is 52.7. The molecule has 0 bridgehead atoms. The second-order valence-corrected chi connectivity index (χ2v) is 25.5. The Hall–Kier alpha value is -12.9. The van der Waals surface area contributed by atoms with Crippen LogP contribution in [0.25, 0.3) is 187 Å². The minimum Gasteiger partial charge on any atom is -0.309 e. The molecule has 0 unspecified atom stereocenters. The van der Waals surface area contributed by atoms with E-state index in [1.54, 1.807) is 0 Å². The highest BCUT2D eigenvalue weighted by molar-refractivity contribution is 6.17. The normalized spacial score (nSPS) is 12.2. The van der Waals surface area contributed by atoms with Crippen LogP contribution in [0.3, 0.4) is 0 Å². The van der Waals surface area contributed by atoms with E-state index in [9.17, 15) is 0 Å². The van der Waals surface area contributed by atoms with Gasteiger partial charge in [0.25, 0.3) is 0 Å². The zero-order valence-electron chi connectivity index (χ0n) is 52.0. The predicted molar refractivity (Wildman–Crippen MR) is 403 cm³/mol. The molecule has 0 spiro atoms. The SMILES string of the molecule is c1ccc(-n2c3ccccc3c3ccccc32)c(-c2cc(-n3c4ccccc4c4ccccc43)c(-c3cccc(-n4c5ccccc5c5ccccc54)c3-n3c4ccccc4c4cc(-n5c6ccccc6c6ccccc65)ccc43)cc2-n2c3ccccc3c3ccccc32)c1. The van der Waals surface area contributed by atoms with Crippen LogP contribution in [-0.4, -0.2) is 27.4 Å². The van der Waals surface area contributed by atoms with Gasteiger partial charge in [-0.1, -0.05) is 231 Å². The van der Waals surface area contributed by atoms with Gasteiger partial charge in [0.05, 0.1) is 94.6 Å². The van der Waals surface area contributed by atoms with Crippen molar-refractivity contribution in [1.82, 2.24) is 27.4 Å². The first-order valence-electron chi connectivity index (χ1n) is 33.1. The quantitative estimate of drug-likeness (QED) is 0.145. The smallest absolute Gasteiger partial charge is 0.0782 e. The Morgan fingerprint density at radius 2 is 0.385 bits per heavy atom. The zero-order valence-corrected chi connectivity index (χ0v) is 52.0. The Morgan fingerprint density at radius 1 is 0.135 bits per heavy atom. The lowest BCUT2D eigenvalue weighted by Crippen LogP contribution is -2.09. The average Bonchev–Trinajstić information content (AvgIpc) is 1.49. The van der Waals surface area contributed by atoms with Gasteiger partial charge in [0, 0.05) is 92.6 Å². The maximum atomic E-state index is 2.59. The zero-order chi connectivity index (χ0) is 62.7. The molecule has 0 saturated carbocycles. The van der Waals surface area contributed by atoms with Crippen molar-refractivity contribution in [2.24, 2.45) is 0 Å². The van der Waals surface area contributed by atoms with Crippen LogP contribution in [0.1, 0.15) is 0 Å². The van der Waals surface area contributed by atoms with Crippen molar-refractivity contribution in [2.75, 3.05) is 0 Å². The molecule has 0 fully saturated rings. The first-order valence-corrected chi connectivity index (χ1v) is 33.1. The van der Waals surface area contributed by atoms with Crippen LogP contribution in [0, 0.1) is 0 Å². The van der Waals surface area contributed by atoms with Crippen LogP contribution in [-0.2, 0) is 0 Å². The van der Waals surface area contributed by atoms with E-state index in [-0.39, 0.29) is 0 Å². The fourth-order valence-corrected chi connectivity index (χ4v) is 16.7. The van der Waals surface area contributed by atoms with Gasteiger partial charge >= 0.3 is 0 Å². The van der Waals surface area contributed by atoms with Crippen molar-refractivity contribution in [1.29, 1.82) is 0 Å². The van der Waals surface area contributed by atoms with Gasteiger partial charge in [0.1, 0.15) is 0 Å². The highest BCUT2D eigenvalue weighted by atomic mass is 15.1. The Kier molecular flexibility index (Phi) is 11.1. The van der Waals surface area contributed by atoms with Crippen molar-refractivity contribution in [3.63, 3.8) is 0 Å². The molecule has 0 saturated heterocycles. The van der Waals surface area contributed by atoms with Gasteiger partial charge < -0.3 is 27.4 Å². The largest absolute Gasteiger partial charge is 0.309 e. The predicted octanol–water partition coefficient (Wildman–Crippen LogP) is 23.6. The van der Waals surface area contributed by atoms with Gasteiger partial charge in [-0.3, -0.25) is 0 Å². The number of nitrogens with zero attached hydrogens (tertiary/aromatic N) is 6. The van der Waals surface area contributed by atoms with E-state index in [2.05, 4.69) is 367 Å². The molecular formula is C90H56N6. The lowest BCUT2D eigenvalue weighted by atomic mass is 9.93. The van der Waals surface area contributed by atoms with Gasteiger partial charge in [-0.25, -0.2) is 0 Å². The number of aromatic nitrogens is 6. The molecule has 0 radical (unpaired) electrons. The lowest BCUT2D eigenvalue weighted by Gasteiger charge is -2.25. The van der Waals surface area contributed by atoms with E-state index >= 15 is 0 Å². The van der Waals surface area contributed by atoms with Crippen molar-refractivity contribution >= 4 is 131 Å². The molecule has 0 aliphatic heterocycles. The molecular weight excluding hydrogens is 1170 g/mol. The molecule has 96 heavy (non-hydrogen) atoms. The van der Waals surface area contributed by atoms with E-state index in [1.807, 2.05) is 0 Å². The third-order valence-corrected chi connectivity index (χ3v) is 20.6. The summed E-state index contributed by atoms with van der Waals surface area (Å²) in [5.74, 6) is 0. The molecule has 21 rings (SSSR count). The van der Waals surface area contributed by atoms with E-state index in [0.29, 0.717) is 0 Å². The van der Waals surface area contributed by atoms with E-state index in [4.69, 9.17) is 0 Å². The molecule has 0 amide bonds. The second-order valence-electron chi connectivity index (χ2n) is 25.5. The Bertz CT molecular complexity index is 6580. The number of para-hydroxylation sites is 13. The van der Waals surface area contributed by atoms with E-state index in [0.717, 1.165) is 112 Å². The van der Waals surface area contributed by atoms with Crippen molar-refractivity contribution in [2.45, 2.75) is 0 Å². The van der Waals surface area contributed by atoms with Gasteiger partial charge in [0.2, 0.25) is 0 Å². The molecule has 6 heterocycles. The molecule has 6 nitrogen and oxygen atoms in total. The van der Waals surface area contributed by atoms with Gasteiger partial charge in [-0.15, -0.1) is 0 Å². The summed E-state index contributed by atoms with van der Waals surface area (Å²) in [5, 5.41) is 14.4. The van der Waals surface area contributed by atoms with Crippen LogP contribution < -0.4 is 0 Å². The number of rotatable bonds is 8. The number of fused-ring (bicyclic) bond motifs is 18. The van der Waals surface area contributed by atoms with E-state index < -0.39 is 0 Å². The molecule has 0 aliphatic rings. The molecule has 0 aliphatic carbocycles. The second kappa shape index (κ2) is 20.3. The molecule has 0 N–H and O–H groups in total. The van der Waals surface area contributed by atoms with Gasteiger partial charge in [-0.2, -0.15) is 0 Å². The van der Waals surface area contributed by atoms with Crippen molar-refractivity contribution in [3.05, 3.63) is 340 Å². The molecule has 15 aromatic carbocycles. The molecule has 6 aromatic heterocycles. The Labute approximate surface area is 551 Å². The summed E-state index contributed by atoms with van der Waals surface area (Å²) in [6, 6.07) is 127. The summed E-state index contributed by atoms with van der Waals surface area (Å²) in [6.07, 6.45) is 0. The molecule has 21 aromatic rings. The molecule has 6 heteroatoms. The van der Waals surface area contributed by atoms with Crippen molar-refractivity contribution in [3.8, 4) is 56.4 Å². The van der Waals surface area contributed by atoms with Crippen LogP contribution in [0.4, 0.5) is 0 Å². The third kappa shape index (κ3) is 7.35. The van der Waals surface area contributed by atoms with Crippen LogP contribution >= 0.6 is 0 Å². The minimum absolute atomic E-state index is 1.05. The maximum absolute atomic E-state index is 2.59. The van der Waals surface area contributed by atoms with Crippen LogP contribution in [0.5, 0.6) is 0 Å². The van der Waals surface area contributed by atoms with Gasteiger partial charge in [-0.05, 0) is 109 Å². The number of hydrogen-bond donors (Lipinski definition) is 0.